The minimum absolute atomic E-state index is 0.231. The Kier molecular flexibility index (Phi) is 2.41. The Labute approximate surface area is 72.0 Å². The second-order valence-corrected chi connectivity index (χ2v) is 2.29. The lowest BCUT2D eigenvalue weighted by Gasteiger charge is -2.05. The highest BCUT2D eigenvalue weighted by Crippen LogP contribution is 2.31. The molecule has 0 atom stereocenters. The molecule has 1 heterocycles. The summed E-state index contributed by atoms with van der Waals surface area (Å²) in [7, 11) is 0. The molecule has 1 aromatic rings. The van der Waals surface area contributed by atoms with Crippen LogP contribution in [-0.4, -0.2) is 16.4 Å². The summed E-state index contributed by atoms with van der Waals surface area (Å²) in [6, 6.07) is 1.02. The van der Waals surface area contributed by atoms with E-state index >= 15 is 0 Å². The van der Waals surface area contributed by atoms with Gasteiger partial charge in [0.1, 0.15) is 5.69 Å². The lowest BCUT2D eigenvalue weighted by atomic mass is 10.2. The van der Waals surface area contributed by atoms with Crippen LogP contribution >= 0.6 is 0 Å². The van der Waals surface area contributed by atoms with Crippen molar-refractivity contribution < 1.29 is 18.7 Å². The maximum Gasteiger partial charge on any atom is 0.284 e. The van der Waals surface area contributed by atoms with Gasteiger partial charge in [-0.3, -0.25) is 4.79 Å². The fourth-order valence-corrected chi connectivity index (χ4v) is 0.812. The summed E-state index contributed by atoms with van der Waals surface area (Å²) >= 11 is 0. The predicted octanol–water partition coefficient (Wildman–Crippen LogP) is 1.12. The van der Waals surface area contributed by atoms with Gasteiger partial charge in [0.25, 0.3) is 6.43 Å². The molecule has 0 aliphatic carbocycles. The van der Waals surface area contributed by atoms with Crippen molar-refractivity contribution in [3.05, 3.63) is 17.5 Å². The van der Waals surface area contributed by atoms with E-state index in [0.29, 0.717) is 0 Å². The van der Waals surface area contributed by atoms with Crippen LogP contribution in [0.2, 0.25) is 0 Å². The quantitative estimate of drug-likeness (QED) is 0.682. The third-order valence-corrected chi connectivity index (χ3v) is 1.40. The fraction of sp³-hybridized carbons (Fsp3) is 0.143. The monoisotopic (exact) mass is 188 g/mol. The minimum atomic E-state index is -2.96. The van der Waals surface area contributed by atoms with E-state index in [9.17, 15) is 13.6 Å². The zero-order chi connectivity index (χ0) is 10.0. The average molecular weight is 188 g/mol. The van der Waals surface area contributed by atoms with E-state index in [1.807, 2.05) is 0 Å². The Morgan fingerprint density at radius 3 is 2.69 bits per heavy atom. The second-order valence-electron chi connectivity index (χ2n) is 2.29. The zero-order valence-corrected chi connectivity index (χ0v) is 6.37. The van der Waals surface area contributed by atoms with E-state index in [0.717, 1.165) is 6.07 Å². The Hall–Kier alpha value is -1.72. The second kappa shape index (κ2) is 3.34. The van der Waals surface area contributed by atoms with Gasteiger partial charge in [-0.1, -0.05) is 0 Å². The normalized spacial score (nSPS) is 10.4. The fourth-order valence-electron chi connectivity index (χ4n) is 0.812. The van der Waals surface area contributed by atoms with Crippen molar-refractivity contribution in [1.82, 2.24) is 4.98 Å². The third-order valence-electron chi connectivity index (χ3n) is 1.40. The summed E-state index contributed by atoms with van der Waals surface area (Å²) < 4.78 is 24.3. The molecule has 0 saturated carbocycles. The minimum Gasteiger partial charge on any atom is -0.504 e. The third kappa shape index (κ3) is 1.71. The van der Waals surface area contributed by atoms with E-state index in [-0.39, 0.29) is 17.7 Å². The Bertz CT molecular complexity index is 342. The molecule has 0 spiro atoms. The van der Waals surface area contributed by atoms with Gasteiger partial charge in [-0.05, 0) is 6.07 Å². The van der Waals surface area contributed by atoms with Gasteiger partial charge >= 0.3 is 0 Å². The Morgan fingerprint density at radius 1 is 1.62 bits per heavy atom. The van der Waals surface area contributed by atoms with Gasteiger partial charge in [-0.25, -0.2) is 13.8 Å². The predicted molar refractivity (Wildman–Crippen MR) is 40.7 cm³/mol. The number of nitrogen functional groups attached to an aromatic ring is 1. The van der Waals surface area contributed by atoms with E-state index in [1.165, 1.54) is 0 Å². The highest BCUT2D eigenvalue weighted by Gasteiger charge is 2.17. The summed E-state index contributed by atoms with van der Waals surface area (Å²) in [5, 5.41) is 9.00. The molecule has 70 valence electrons. The van der Waals surface area contributed by atoms with Crippen molar-refractivity contribution in [3.8, 4) is 5.75 Å². The van der Waals surface area contributed by atoms with Crippen molar-refractivity contribution in [2.24, 2.45) is 0 Å². The van der Waals surface area contributed by atoms with Crippen LogP contribution in [0.1, 0.15) is 22.6 Å². The Morgan fingerprint density at radius 2 is 2.23 bits per heavy atom. The zero-order valence-electron chi connectivity index (χ0n) is 6.37. The first kappa shape index (κ1) is 9.37. The molecular weight excluding hydrogens is 182 g/mol. The number of hydrogen-bond donors (Lipinski definition) is 2. The van der Waals surface area contributed by atoms with E-state index < -0.39 is 17.9 Å². The maximum absolute atomic E-state index is 12.1. The summed E-state index contributed by atoms with van der Waals surface area (Å²) in [4.78, 5) is 13.4. The van der Waals surface area contributed by atoms with Gasteiger partial charge in [0.2, 0.25) is 0 Å². The number of carbonyl (C=O) groups excluding carboxylic acids is 1. The Balaban J connectivity index is 3.32. The highest BCUT2D eigenvalue weighted by atomic mass is 19.3. The summed E-state index contributed by atoms with van der Waals surface area (Å²) in [5.74, 6) is -0.777. The number of nitrogens with zero attached hydrogens (tertiary/aromatic N) is 1. The molecule has 0 aromatic carbocycles. The summed E-state index contributed by atoms with van der Waals surface area (Å²) in [5.41, 5.74) is 3.76. The molecule has 0 unspecified atom stereocenters. The maximum atomic E-state index is 12.1. The van der Waals surface area contributed by atoms with Gasteiger partial charge < -0.3 is 10.8 Å². The molecule has 0 amide bonds. The number of aldehydes is 1. The molecule has 4 nitrogen and oxygen atoms in total. The van der Waals surface area contributed by atoms with Gasteiger partial charge in [-0.2, -0.15) is 0 Å². The van der Waals surface area contributed by atoms with Crippen molar-refractivity contribution >= 4 is 12.0 Å². The molecule has 0 saturated heterocycles. The average Bonchev–Trinajstić information content (AvgIpc) is 2.09. The van der Waals surface area contributed by atoms with Crippen molar-refractivity contribution in [2.45, 2.75) is 6.43 Å². The van der Waals surface area contributed by atoms with Crippen LogP contribution < -0.4 is 5.73 Å². The molecule has 1 rings (SSSR count). The number of aromatic nitrogens is 1. The summed E-state index contributed by atoms with van der Waals surface area (Å²) in [6.45, 7) is 0. The number of nitrogens with two attached hydrogens (primary N) is 1. The van der Waals surface area contributed by atoms with Crippen LogP contribution in [0.15, 0.2) is 6.07 Å². The number of halogens is 2. The number of aromatic hydroxyl groups is 1. The topological polar surface area (TPSA) is 76.2 Å². The number of rotatable bonds is 2. The van der Waals surface area contributed by atoms with Crippen LogP contribution in [-0.2, 0) is 0 Å². The molecular formula is C7H6F2N2O2. The van der Waals surface area contributed by atoms with Crippen LogP contribution in [0.4, 0.5) is 14.5 Å². The largest absolute Gasteiger partial charge is 0.504 e. The standard InChI is InChI=1S/C7H6F2N2O2/c8-7(9)5-6(13)4(10)1-3(2-12)11-5/h1-2,7,13H,(H2,10,11). The van der Waals surface area contributed by atoms with Gasteiger partial charge in [0.15, 0.2) is 17.7 Å². The van der Waals surface area contributed by atoms with E-state index in [2.05, 4.69) is 4.98 Å². The molecule has 0 fully saturated rings. The molecule has 13 heavy (non-hydrogen) atoms. The lowest BCUT2D eigenvalue weighted by molar-refractivity contribution is 0.111. The number of alkyl halides is 2. The van der Waals surface area contributed by atoms with Crippen molar-refractivity contribution in [2.75, 3.05) is 5.73 Å². The van der Waals surface area contributed by atoms with Crippen LogP contribution in [0, 0.1) is 0 Å². The summed E-state index contributed by atoms with van der Waals surface area (Å²) in [6.07, 6.45) is -2.68. The van der Waals surface area contributed by atoms with E-state index in [1.54, 1.807) is 0 Å². The van der Waals surface area contributed by atoms with Gasteiger partial charge in [0, 0.05) is 0 Å². The van der Waals surface area contributed by atoms with Crippen LogP contribution in [0.3, 0.4) is 0 Å². The molecule has 3 N–H and O–H groups in total. The number of pyridine rings is 1. The van der Waals surface area contributed by atoms with Crippen molar-refractivity contribution in [1.29, 1.82) is 0 Å². The first-order valence-electron chi connectivity index (χ1n) is 3.29. The van der Waals surface area contributed by atoms with E-state index in [4.69, 9.17) is 10.8 Å². The molecule has 0 aliphatic rings. The number of carbonyl (C=O) groups is 1. The first-order chi connectivity index (χ1) is 6.06. The van der Waals surface area contributed by atoms with Crippen molar-refractivity contribution in [3.63, 3.8) is 0 Å². The molecule has 6 heteroatoms. The van der Waals surface area contributed by atoms with Gasteiger partial charge in [0.05, 0.1) is 5.69 Å². The molecule has 0 radical (unpaired) electrons. The molecule has 0 aliphatic heterocycles. The number of hydrogen-bond acceptors (Lipinski definition) is 4. The molecule has 1 aromatic heterocycles. The lowest BCUT2D eigenvalue weighted by Crippen LogP contribution is -1.99. The smallest absolute Gasteiger partial charge is 0.284 e. The highest BCUT2D eigenvalue weighted by molar-refractivity contribution is 5.75. The van der Waals surface area contributed by atoms with Gasteiger partial charge in [-0.15, -0.1) is 0 Å². The molecule has 0 bridgehead atoms. The van der Waals surface area contributed by atoms with Crippen LogP contribution in [0.5, 0.6) is 5.75 Å². The SMILES string of the molecule is Nc1cc(C=O)nc(C(F)F)c1O. The first-order valence-corrected chi connectivity index (χ1v) is 3.29. The number of anilines is 1. The van der Waals surface area contributed by atoms with Crippen LogP contribution in [0.25, 0.3) is 0 Å².